The van der Waals surface area contributed by atoms with E-state index in [0.717, 1.165) is 17.4 Å². The molecule has 0 heterocycles. The van der Waals surface area contributed by atoms with Crippen molar-refractivity contribution in [2.75, 3.05) is 11.9 Å². The Kier molecular flexibility index (Phi) is 5.50. The van der Waals surface area contributed by atoms with E-state index in [1.54, 1.807) is 6.07 Å². The Hall–Kier alpha value is -0.540. The zero-order valence-corrected chi connectivity index (χ0v) is 14.2. The molecule has 4 heteroatoms. The summed E-state index contributed by atoms with van der Waals surface area (Å²) in [6, 6.07) is 5.55. The Bertz CT molecular complexity index is 483. The lowest BCUT2D eigenvalue weighted by atomic mass is 9.75. The minimum Gasteiger partial charge on any atom is -0.351 e. The highest BCUT2D eigenvalue weighted by Gasteiger charge is 2.31. The van der Waals surface area contributed by atoms with Gasteiger partial charge in [-0.25, -0.2) is 0 Å². The number of nitrogens with one attached hydrogen (secondary N) is 1. The van der Waals surface area contributed by atoms with E-state index < -0.39 is 0 Å². The number of rotatable bonds is 4. The van der Waals surface area contributed by atoms with Gasteiger partial charge in [-0.3, -0.25) is 4.79 Å². The van der Waals surface area contributed by atoms with Gasteiger partial charge < -0.3 is 5.32 Å². The maximum absolute atomic E-state index is 12.3. The molecule has 0 spiro atoms. The van der Waals surface area contributed by atoms with E-state index >= 15 is 0 Å². The molecule has 20 heavy (non-hydrogen) atoms. The minimum atomic E-state index is -0.0686. The minimum absolute atomic E-state index is 0.0686. The van der Waals surface area contributed by atoms with E-state index in [9.17, 15) is 4.79 Å². The Morgan fingerprint density at radius 1 is 1.35 bits per heavy atom. The van der Waals surface area contributed by atoms with Crippen molar-refractivity contribution in [1.82, 2.24) is 5.32 Å². The Morgan fingerprint density at radius 3 is 2.65 bits per heavy atom. The number of hydrogen-bond acceptors (Lipinski definition) is 1. The molecule has 0 atom stereocenters. The topological polar surface area (TPSA) is 29.1 Å². The van der Waals surface area contributed by atoms with Gasteiger partial charge in [0.1, 0.15) is 0 Å². The fraction of sp³-hybridized carbons (Fsp3) is 0.562. The molecule has 0 bridgehead atoms. The van der Waals surface area contributed by atoms with E-state index in [1.165, 1.54) is 32.1 Å². The van der Waals surface area contributed by atoms with Crippen LogP contribution in [0, 0.1) is 12.3 Å². The number of alkyl halides is 1. The van der Waals surface area contributed by atoms with Gasteiger partial charge in [0.15, 0.2) is 0 Å². The van der Waals surface area contributed by atoms with Crippen molar-refractivity contribution in [3.63, 3.8) is 0 Å². The number of amides is 1. The lowest BCUT2D eigenvalue weighted by molar-refractivity contribution is 0.0922. The molecule has 1 aromatic carbocycles. The quantitative estimate of drug-likeness (QED) is 0.775. The molecular weight excluding hydrogens is 338 g/mol. The van der Waals surface area contributed by atoms with Crippen LogP contribution in [0.3, 0.4) is 0 Å². The summed E-state index contributed by atoms with van der Waals surface area (Å²) in [6.45, 7) is 2.69. The van der Waals surface area contributed by atoms with Crippen LogP contribution in [-0.2, 0) is 0 Å². The largest absolute Gasteiger partial charge is 0.351 e. The van der Waals surface area contributed by atoms with Gasteiger partial charge in [-0.2, -0.15) is 0 Å². The Labute approximate surface area is 134 Å². The second-order valence-electron chi connectivity index (χ2n) is 5.86. The lowest BCUT2D eigenvalue weighted by Gasteiger charge is -2.35. The van der Waals surface area contributed by atoms with Crippen LogP contribution in [0.5, 0.6) is 0 Å². The molecular formula is C16H21BrClNO. The van der Waals surface area contributed by atoms with Crippen LogP contribution in [0.15, 0.2) is 18.2 Å². The highest BCUT2D eigenvalue weighted by molar-refractivity contribution is 9.09. The molecule has 2 rings (SSSR count). The number of halogens is 2. The SMILES string of the molecule is Cc1ccc(C(=O)NCC2(CBr)CCCCC2)c(Cl)c1. The highest BCUT2D eigenvalue weighted by Crippen LogP contribution is 2.37. The number of aryl methyl sites for hydroxylation is 1. The summed E-state index contributed by atoms with van der Waals surface area (Å²) < 4.78 is 0. The standard InChI is InChI=1S/C16H21BrClNO/c1-12-5-6-13(14(18)9-12)15(20)19-11-16(10-17)7-3-2-4-8-16/h5-6,9H,2-4,7-8,10-11H2,1H3,(H,19,20). The van der Waals surface area contributed by atoms with Crippen molar-refractivity contribution < 1.29 is 4.79 Å². The molecule has 1 N–H and O–H groups in total. The van der Waals surface area contributed by atoms with Crippen LogP contribution in [0.2, 0.25) is 5.02 Å². The first-order valence-corrected chi connectivity index (χ1v) is 8.67. The fourth-order valence-corrected chi connectivity index (χ4v) is 3.91. The van der Waals surface area contributed by atoms with Crippen molar-refractivity contribution in [2.45, 2.75) is 39.0 Å². The maximum atomic E-state index is 12.3. The number of hydrogen-bond donors (Lipinski definition) is 1. The Balaban J connectivity index is 2.00. The van der Waals surface area contributed by atoms with E-state index in [4.69, 9.17) is 11.6 Å². The van der Waals surface area contributed by atoms with E-state index in [0.29, 0.717) is 10.6 Å². The van der Waals surface area contributed by atoms with E-state index in [-0.39, 0.29) is 11.3 Å². The molecule has 0 aromatic heterocycles. The molecule has 1 amide bonds. The third kappa shape index (κ3) is 3.76. The third-order valence-corrected chi connectivity index (χ3v) is 5.69. The van der Waals surface area contributed by atoms with Gasteiger partial charge in [-0.15, -0.1) is 0 Å². The second kappa shape index (κ2) is 6.95. The summed E-state index contributed by atoms with van der Waals surface area (Å²) in [5, 5.41) is 4.54. The van der Waals surface area contributed by atoms with Crippen LogP contribution >= 0.6 is 27.5 Å². The van der Waals surface area contributed by atoms with E-state index in [1.807, 2.05) is 19.1 Å². The fourth-order valence-electron chi connectivity index (χ4n) is 2.83. The molecule has 1 aliphatic rings. The van der Waals surface area contributed by atoms with Gasteiger partial charge in [0.05, 0.1) is 10.6 Å². The number of carbonyl (C=O) groups is 1. The first-order chi connectivity index (χ1) is 9.56. The normalized spacial score (nSPS) is 17.8. The van der Waals surface area contributed by atoms with Crippen molar-refractivity contribution in [3.8, 4) is 0 Å². The number of benzene rings is 1. The summed E-state index contributed by atoms with van der Waals surface area (Å²) in [4.78, 5) is 12.3. The summed E-state index contributed by atoms with van der Waals surface area (Å²) in [5.74, 6) is -0.0686. The molecule has 0 unspecified atom stereocenters. The van der Waals surface area contributed by atoms with Gasteiger partial charge in [0.2, 0.25) is 0 Å². The van der Waals surface area contributed by atoms with Gasteiger partial charge >= 0.3 is 0 Å². The zero-order chi connectivity index (χ0) is 14.6. The smallest absolute Gasteiger partial charge is 0.252 e. The summed E-state index contributed by atoms with van der Waals surface area (Å²) >= 11 is 9.77. The monoisotopic (exact) mass is 357 g/mol. The highest BCUT2D eigenvalue weighted by atomic mass is 79.9. The first-order valence-electron chi connectivity index (χ1n) is 7.17. The first kappa shape index (κ1) is 15.8. The number of carbonyl (C=O) groups excluding carboxylic acids is 1. The van der Waals surface area contributed by atoms with Crippen LogP contribution in [0.25, 0.3) is 0 Å². The predicted molar refractivity (Wildman–Crippen MR) is 87.8 cm³/mol. The van der Waals surface area contributed by atoms with Crippen LogP contribution in [0.4, 0.5) is 0 Å². The average molecular weight is 359 g/mol. The zero-order valence-electron chi connectivity index (χ0n) is 11.8. The Morgan fingerprint density at radius 2 is 2.05 bits per heavy atom. The van der Waals surface area contributed by atoms with Crippen molar-refractivity contribution >= 4 is 33.4 Å². The predicted octanol–water partition coefficient (Wildman–Crippen LogP) is 4.72. The molecule has 1 saturated carbocycles. The molecule has 0 saturated heterocycles. The van der Waals surface area contributed by atoms with Crippen LogP contribution < -0.4 is 5.32 Å². The molecule has 1 aromatic rings. The van der Waals surface area contributed by atoms with Gasteiger partial charge in [0.25, 0.3) is 5.91 Å². The van der Waals surface area contributed by atoms with Crippen molar-refractivity contribution in [2.24, 2.45) is 5.41 Å². The molecule has 2 nitrogen and oxygen atoms in total. The molecule has 0 aliphatic heterocycles. The van der Waals surface area contributed by atoms with Crippen LogP contribution in [0.1, 0.15) is 48.0 Å². The van der Waals surface area contributed by atoms with Crippen molar-refractivity contribution in [1.29, 1.82) is 0 Å². The summed E-state index contributed by atoms with van der Waals surface area (Å²) in [6.07, 6.45) is 6.19. The molecule has 1 fully saturated rings. The molecule has 1 aliphatic carbocycles. The van der Waals surface area contributed by atoms with Crippen LogP contribution in [-0.4, -0.2) is 17.8 Å². The maximum Gasteiger partial charge on any atom is 0.252 e. The van der Waals surface area contributed by atoms with Gasteiger partial charge in [0, 0.05) is 11.9 Å². The summed E-state index contributed by atoms with van der Waals surface area (Å²) in [5.41, 5.74) is 1.85. The second-order valence-corrected chi connectivity index (χ2v) is 6.83. The summed E-state index contributed by atoms with van der Waals surface area (Å²) in [7, 11) is 0. The van der Waals surface area contributed by atoms with Gasteiger partial charge in [-0.1, -0.05) is 52.9 Å². The van der Waals surface area contributed by atoms with Gasteiger partial charge in [-0.05, 0) is 42.9 Å². The van der Waals surface area contributed by atoms with E-state index in [2.05, 4.69) is 21.2 Å². The average Bonchev–Trinajstić information content (AvgIpc) is 2.46. The lowest BCUT2D eigenvalue weighted by Crippen LogP contribution is -2.40. The third-order valence-electron chi connectivity index (χ3n) is 4.19. The van der Waals surface area contributed by atoms with Crippen molar-refractivity contribution in [3.05, 3.63) is 34.3 Å². The molecule has 0 radical (unpaired) electrons. The molecule has 110 valence electrons.